The van der Waals surface area contributed by atoms with Crippen molar-refractivity contribution in [1.29, 1.82) is 0 Å². The van der Waals surface area contributed by atoms with Gasteiger partial charge in [-0.05, 0) is 14.1 Å². The fourth-order valence-electron chi connectivity index (χ4n) is 1.49. The van der Waals surface area contributed by atoms with Crippen molar-refractivity contribution in [3.8, 4) is 0 Å². The van der Waals surface area contributed by atoms with Gasteiger partial charge in [0.05, 0.1) is 24.4 Å². The molecule has 0 bridgehead atoms. The monoisotopic (exact) mass is 314 g/mol. The second-order valence-electron chi connectivity index (χ2n) is 5.25. The molecule has 0 atom stereocenters. The van der Waals surface area contributed by atoms with Gasteiger partial charge in [-0.1, -0.05) is 25.4 Å². The van der Waals surface area contributed by atoms with Crippen LogP contribution in [0.5, 0.6) is 0 Å². The summed E-state index contributed by atoms with van der Waals surface area (Å²) in [5, 5.41) is 3.00. The van der Waals surface area contributed by atoms with Crippen molar-refractivity contribution in [2.24, 2.45) is 0 Å². The van der Waals surface area contributed by atoms with E-state index in [9.17, 15) is 4.79 Å². The van der Waals surface area contributed by atoms with E-state index >= 15 is 0 Å². The fraction of sp³-hybridized carbons (Fsp3) is 0.643. The number of hydrogen-bond acceptors (Lipinski definition) is 5. The Bertz CT molecular complexity index is 466. The SMILES string of the molecule is CC(C)c1ncc(Cl)c(C(=O)NCCOCCN(C)C)n1. The third kappa shape index (κ3) is 6.37. The van der Waals surface area contributed by atoms with Crippen molar-refractivity contribution in [2.75, 3.05) is 40.4 Å². The Labute approximate surface area is 130 Å². The minimum atomic E-state index is -0.305. The van der Waals surface area contributed by atoms with Gasteiger partial charge < -0.3 is 15.0 Å². The summed E-state index contributed by atoms with van der Waals surface area (Å²) in [6.45, 7) is 6.29. The predicted molar refractivity (Wildman–Crippen MR) is 82.8 cm³/mol. The van der Waals surface area contributed by atoms with Crippen molar-refractivity contribution >= 4 is 17.5 Å². The molecule has 0 aromatic carbocycles. The van der Waals surface area contributed by atoms with Crippen LogP contribution in [0.1, 0.15) is 36.1 Å². The van der Waals surface area contributed by atoms with Gasteiger partial charge >= 0.3 is 0 Å². The van der Waals surface area contributed by atoms with Crippen LogP contribution in [0.25, 0.3) is 0 Å². The highest BCUT2D eigenvalue weighted by atomic mass is 35.5. The normalized spacial score (nSPS) is 11.2. The molecule has 0 radical (unpaired) electrons. The minimum Gasteiger partial charge on any atom is -0.378 e. The average Bonchev–Trinajstić information content (AvgIpc) is 2.42. The van der Waals surface area contributed by atoms with E-state index in [1.54, 1.807) is 0 Å². The van der Waals surface area contributed by atoms with Crippen LogP contribution in [0, 0.1) is 0 Å². The number of amides is 1. The molecule has 6 nitrogen and oxygen atoms in total. The summed E-state index contributed by atoms with van der Waals surface area (Å²) < 4.78 is 5.40. The molecule has 118 valence electrons. The summed E-state index contributed by atoms with van der Waals surface area (Å²) in [5.41, 5.74) is 0.212. The van der Waals surface area contributed by atoms with Crippen LogP contribution in [0.15, 0.2) is 6.20 Å². The lowest BCUT2D eigenvalue weighted by molar-refractivity contribution is 0.0895. The topological polar surface area (TPSA) is 67.3 Å². The van der Waals surface area contributed by atoms with Crippen molar-refractivity contribution in [3.05, 3.63) is 22.7 Å². The molecule has 1 aromatic heterocycles. The van der Waals surface area contributed by atoms with Gasteiger partial charge in [0, 0.05) is 19.0 Å². The van der Waals surface area contributed by atoms with Crippen LogP contribution >= 0.6 is 11.6 Å². The van der Waals surface area contributed by atoms with Gasteiger partial charge in [-0.2, -0.15) is 0 Å². The molecule has 1 amide bonds. The molecule has 0 aliphatic carbocycles. The van der Waals surface area contributed by atoms with Crippen LogP contribution in [-0.4, -0.2) is 61.2 Å². The lowest BCUT2D eigenvalue weighted by Gasteiger charge is -2.11. The van der Waals surface area contributed by atoms with E-state index in [0.29, 0.717) is 25.6 Å². The first kappa shape index (κ1) is 17.8. The highest BCUT2D eigenvalue weighted by Crippen LogP contribution is 2.16. The number of rotatable bonds is 8. The van der Waals surface area contributed by atoms with Gasteiger partial charge in [0.15, 0.2) is 0 Å². The number of halogens is 1. The molecular formula is C14H23ClN4O2. The Morgan fingerprint density at radius 2 is 2.14 bits per heavy atom. The Morgan fingerprint density at radius 1 is 1.43 bits per heavy atom. The van der Waals surface area contributed by atoms with Gasteiger partial charge in [-0.15, -0.1) is 0 Å². The molecule has 0 fully saturated rings. The Morgan fingerprint density at radius 3 is 2.76 bits per heavy atom. The number of carbonyl (C=O) groups excluding carboxylic acids is 1. The highest BCUT2D eigenvalue weighted by molar-refractivity contribution is 6.33. The lowest BCUT2D eigenvalue weighted by Crippen LogP contribution is -2.29. The Balaban J connectivity index is 2.43. The second-order valence-corrected chi connectivity index (χ2v) is 5.66. The maximum absolute atomic E-state index is 12.0. The highest BCUT2D eigenvalue weighted by Gasteiger charge is 2.14. The number of ether oxygens (including phenoxy) is 1. The van der Waals surface area contributed by atoms with E-state index in [-0.39, 0.29) is 22.5 Å². The maximum Gasteiger partial charge on any atom is 0.271 e. The van der Waals surface area contributed by atoms with E-state index < -0.39 is 0 Å². The van der Waals surface area contributed by atoms with E-state index in [4.69, 9.17) is 16.3 Å². The standard InChI is InChI=1S/C14H23ClN4O2/c1-10(2)13-17-9-11(15)12(18-13)14(20)16-5-7-21-8-6-19(3)4/h9-10H,5-8H2,1-4H3,(H,16,20). The predicted octanol–water partition coefficient (Wildman–Crippen LogP) is 1.56. The van der Waals surface area contributed by atoms with Crippen LogP contribution < -0.4 is 5.32 Å². The first-order valence-electron chi connectivity index (χ1n) is 6.95. The van der Waals surface area contributed by atoms with Gasteiger partial charge in [0.25, 0.3) is 5.91 Å². The lowest BCUT2D eigenvalue weighted by atomic mass is 10.2. The average molecular weight is 315 g/mol. The van der Waals surface area contributed by atoms with Crippen LogP contribution in [0.4, 0.5) is 0 Å². The third-order valence-electron chi connectivity index (χ3n) is 2.71. The molecule has 1 N–H and O–H groups in total. The summed E-state index contributed by atoms with van der Waals surface area (Å²) in [6, 6.07) is 0. The number of carbonyl (C=O) groups is 1. The summed E-state index contributed by atoms with van der Waals surface area (Å²) in [5.74, 6) is 0.440. The van der Waals surface area contributed by atoms with E-state index in [1.165, 1.54) is 6.20 Å². The van der Waals surface area contributed by atoms with Crippen molar-refractivity contribution in [3.63, 3.8) is 0 Å². The van der Waals surface area contributed by atoms with Gasteiger partial charge in [0.2, 0.25) is 0 Å². The first-order valence-corrected chi connectivity index (χ1v) is 7.32. The minimum absolute atomic E-state index is 0.142. The van der Waals surface area contributed by atoms with Crippen LogP contribution in [0.2, 0.25) is 5.02 Å². The molecular weight excluding hydrogens is 292 g/mol. The molecule has 7 heteroatoms. The summed E-state index contributed by atoms with van der Waals surface area (Å²) in [6.07, 6.45) is 1.46. The van der Waals surface area contributed by atoms with E-state index in [2.05, 4.69) is 15.3 Å². The van der Waals surface area contributed by atoms with E-state index in [0.717, 1.165) is 6.54 Å². The summed E-state index contributed by atoms with van der Waals surface area (Å²) >= 11 is 5.97. The van der Waals surface area contributed by atoms with Crippen LogP contribution in [-0.2, 0) is 4.74 Å². The third-order valence-corrected chi connectivity index (χ3v) is 2.99. The number of hydrogen-bond donors (Lipinski definition) is 1. The van der Waals surface area contributed by atoms with Crippen molar-refractivity contribution in [2.45, 2.75) is 19.8 Å². The summed E-state index contributed by atoms with van der Waals surface area (Å²) in [4.78, 5) is 22.4. The molecule has 0 unspecified atom stereocenters. The second kappa shape index (κ2) is 8.92. The smallest absolute Gasteiger partial charge is 0.271 e. The number of nitrogens with zero attached hydrogens (tertiary/aromatic N) is 3. The fourth-order valence-corrected chi connectivity index (χ4v) is 1.66. The quantitative estimate of drug-likeness (QED) is 0.738. The van der Waals surface area contributed by atoms with Crippen LogP contribution in [0.3, 0.4) is 0 Å². The maximum atomic E-state index is 12.0. The van der Waals surface area contributed by atoms with Gasteiger partial charge in [-0.3, -0.25) is 4.79 Å². The first-order chi connectivity index (χ1) is 9.91. The number of nitrogens with one attached hydrogen (secondary N) is 1. The van der Waals surface area contributed by atoms with Crippen molar-refractivity contribution < 1.29 is 9.53 Å². The zero-order valence-electron chi connectivity index (χ0n) is 13.0. The molecule has 0 saturated carbocycles. The molecule has 0 spiro atoms. The number of aromatic nitrogens is 2. The zero-order valence-corrected chi connectivity index (χ0v) is 13.8. The van der Waals surface area contributed by atoms with E-state index in [1.807, 2.05) is 32.8 Å². The molecule has 1 heterocycles. The number of likely N-dealkylation sites (N-methyl/N-ethyl adjacent to an activating group) is 1. The Kier molecular flexibility index (Phi) is 7.56. The molecule has 0 aliphatic rings. The zero-order chi connectivity index (χ0) is 15.8. The van der Waals surface area contributed by atoms with Crippen molar-refractivity contribution in [1.82, 2.24) is 20.2 Å². The molecule has 1 rings (SSSR count). The molecule has 21 heavy (non-hydrogen) atoms. The largest absolute Gasteiger partial charge is 0.378 e. The van der Waals surface area contributed by atoms with Gasteiger partial charge in [-0.25, -0.2) is 9.97 Å². The van der Waals surface area contributed by atoms with Gasteiger partial charge in [0.1, 0.15) is 11.5 Å². The summed E-state index contributed by atoms with van der Waals surface area (Å²) in [7, 11) is 3.96. The molecule has 0 aliphatic heterocycles. The molecule has 0 saturated heterocycles. The Hall–Kier alpha value is -1.24. The molecule has 1 aromatic rings.